The van der Waals surface area contributed by atoms with Crippen LogP contribution in [0.4, 0.5) is 11.4 Å². The Morgan fingerprint density at radius 1 is 1.27 bits per heavy atom. The van der Waals surface area contributed by atoms with E-state index in [4.69, 9.17) is 0 Å². The molecule has 1 aromatic heterocycles. The van der Waals surface area contributed by atoms with Gasteiger partial charge in [0.2, 0.25) is 0 Å². The highest BCUT2D eigenvalue weighted by atomic mass is 79.9. The van der Waals surface area contributed by atoms with Crippen molar-refractivity contribution in [1.29, 1.82) is 0 Å². The maximum Gasteiger partial charge on any atom is 0.0593 e. The number of rotatable bonds is 2. The van der Waals surface area contributed by atoms with Crippen LogP contribution in [0.5, 0.6) is 0 Å². The Kier molecular flexibility index (Phi) is 3.02. The van der Waals surface area contributed by atoms with E-state index >= 15 is 0 Å². The van der Waals surface area contributed by atoms with Gasteiger partial charge in [-0.2, -0.15) is 0 Å². The molecule has 3 heteroatoms. The fraction of sp³-hybridized carbons (Fsp3) is 0.0833. The third-order valence-corrected chi connectivity index (χ3v) is 2.70. The van der Waals surface area contributed by atoms with Crippen LogP contribution in [0.25, 0.3) is 0 Å². The molecule has 0 aliphatic rings. The number of nitrogens with zero attached hydrogens (tertiary/aromatic N) is 1. The van der Waals surface area contributed by atoms with Crippen molar-refractivity contribution in [2.75, 3.05) is 5.32 Å². The Morgan fingerprint density at radius 3 is 2.87 bits per heavy atom. The largest absolute Gasteiger partial charge is 0.355 e. The standard InChI is InChI=1S/C12H11BrN2/c1-9-3-2-4-10(7-9)15-12-5-6-14-8-11(12)13/h2-8H,1H3,(H,14,15). The first kappa shape index (κ1) is 10.2. The predicted molar refractivity (Wildman–Crippen MR) is 66.4 cm³/mol. The lowest BCUT2D eigenvalue weighted by atomic mass is 10.2. The van der Waals surface area contributed by atoms with Crippen molar-refractivity contribution in [3.8, 4) is 0 Å². The van der Waals surface area contributed by atoms with Crippen LogP contribution in [-0.4, -0.2) is 4.98 Å². The van der Waals surface area contributed by atoms with Gasteiger partial charge in [-0.3, -0.25) is 4.98 Å². The van der Waals surface area contributed by atoms with E-state index in [-0.39, 0.29) is 0 Å². The number of hydrogen-bond acceptors (Lipinski definition) is 2. The molecular weight excluding hydrogens is 252 g/mol. The first-order valence-corrected chi connectivity index (χ1v) is 5.48. The van der Waals surface area contributed by atoms with Crippen LogP contribution >= 0.6 is 15.9 Å². The molecule has 76 valence electrons. The van der Waals surface area contributed by atoms with Crippen molar-refractivity contribution < 1.29 is 0 Å². The Hall–Kier alpha value is -1.35. The number of anilines is 2. The number of aryl methyl sites for hydroxylation is 1. The summed E-state index contributed by atoms with van der Waals surface area (Å²) in [5.74, 6) is 0. The van der Waals surface area contributed by atoms with Gasteiger partial charge in [-0.25, -0.2) is 0 Å². The van der Waals surface area contributed by atoms with Crippen LogP contribution in [0.3, 0.4) is 0 Å². The maximum absolute atomic E-state index is 4.02. The summed E-state index contributed by atoms with van der Waals surface area (Å²) in [6.07, 6.45) is 3.54. The Bertz CT molecular complexity index is 469. The molecule has 2 rings (SSSR count). The van der Waals surface area contributed by atoms with Crippen molar-refractivity contribution in [2.24, 2.45) is 0 Å². The van der Waals surface area contributed by atoms with Crippen LogP contribution in [0.1, 0.15) is 5.56 Å². The first-order valence-electron chi connectivity index (χ1n) is 4.69. The summed E-state index contributed by atoms with van der Waals surface area (Å²) in [5, 5.41) is 3.33. The Balaban J connectivity index is 2.26. The molecule has 0 spiro atoms. The minimum Gasteiger partial charge on any atom is -0.355 e. The molecule has 1 N–H and O–H groups in total. The number of nitrogens with one attached hydrogen (secondary N) is 1. The quantitative estimate of drug-likeness (QED) is 0.888. The molecule has 0 fully saturated rings. The van der Waals surface area contributed by atoms with Gasteiger partial charge >= 0.3 is 0 Å². The van der Waals surface area contributed by atoms with Crippen molar-refractivity contribution in [3.63, 3.8) is 0 Å². The van der Waals surface area contributed by atoms with Crippen LogP contribution in [-0.2, 0) is 0 Å². The molecule has 2 aromatic rings. The molecule has 0 unspecified atom stereocenters. The summed E-state index contributed by atoms with van der Waals surface area (Å²) in [7, 11) is 0. The van der Waals surface area contributed by atoms with E-state index in [1.165, 1.54) is 5.56 Å². The molecule has 1 heterocycles. The lowest BCUT2D eigenvalue weighted by Gasteiger charge is -2.08. The van der Waals surface area contributed by atoms with Gasteiger partial charge in [0.15, 0.2) is 0 Å². The topological polar surface area (TPSA) is 24.9 Å². The monoisotopic (exact) mass is 262 g/mol. The number of pyridine rings is 1. The van der Waals surface area contributed by atoms with Crippen molar-refractivity contribution in [3.05, 3.63) is 52.8 Å². The second-order valence-corrected chi connectivity index (χ2v) is 4.20. The summed E-state index contributed by atoms with van der Waals surface area (Å²) in [4.78, 5) is 4.02. The molecule has 0 saturated heterocycles. The highest BCUT2D eigenvalue weighted by Crippen LogP contribution is 2.24. The van der Waals surface area contributed by atoms with Gasteiger partial charge in [0.25, 0.3) is 0 Å². The number of benzene rings is 1. The lowest BCUT2D eigenvalue weighted by Crippen LogP contribution is -1.91. The zero-order valence-electron chi connectivity index (χ0n) is 8.37. The first-order chi connectivity index (χ1) is 7.25. The van der Waals surface area contributed by atoms with Gasteiger partial charge < -0.3 is 5.32 Å². The molecule has 0 aliphatic heterocycles. The van der Waals surface area contributed by atoms with E-state index < -0.39 is 0 Å². The SMILES string of the molecule is Cc1cccc(Nc2ccncc2Br)c1. The second-order valence-electron chi connectivity index (χ2n) is 3.35. The third kappa shape index (κ3) is 2.57. The van der Waals surface area contributed by atoms with Crippen LogP contribution in [0.15, 0.2) is 47.2 Å². The zero-order chi connectivity index (χ0) is 10.7. The van der Waals surface area contributed by atoms with Crippen molar-refractivity contribution in [2.45, 2.75) is 6.92 Å². The number of hydrogen-bond donors (Lipinski definition) is 1. The summed E-state index contributed by atoms with van der Waals surface area (Å²) < 4.78 is 0.964. The van der Waals surface area contributed by atoms with Crippen LogP contribution < -0.4 is 5.32 Å². The molecule has 1 aromatic carbocycles. The van der Waals surface area contributed by atoms with E-state index in [2.05, 4.69) is 45.3 Å². The van der Waals surface area contributed by atoms with E-state index in [0.717, 1.165) is 15.8 Å². The molecular formula is C12H11BrN2. The fourth-order valence-corrected chi connectivity index (χ4v) is 1.70. The van der Waals surface area contributed by atoms with E-state index in [9.17, 15) is 0 Å². The van der Waals surface area contributed by atoms with Crippen molar-refractivity contribution >= 4 is 27.3 Å². The average Bonchev–Trinajstić information content (AvgIpc) is 2.22. The minimum absolute atomic E-state index is 0.964. The molecule has 2 nitrogen and oxygen atoms in total. The molecule has 15 heavy (non-hydrogen) atoms. The lowest BCUT2D eigenvalue weighted by molar-refractivity contribution is 1.30. The molecule has 0 radical (unpaired) electrons. The number of halogens is 1. The summed E-state index contributed by atoms with van der Waals surface area (Å²) in [5.41, 5.74) is 3.35. The maximum atomic E-state index is 4.02. The van der Waals surface area contributed by atoms with Gasteiger partial charge in [0.05, 0.1) is 10.2 Å². The van der Waals surface area contributed by atoms with Gasteiger partial charge in [0, 0.05) is 18.1 Å². The summed E-state index contributed by atoms with van der Waals surface area (Å²) >= 11 is 3.45. The van der Waals surface area contributed by atoms with Gasteiger partial charge in [-0.05, 0) is 46.6 Å². The smallest absolute Gasteiger partial charge is 0.0593 e. The highest BCUT2D eigenvalue weighted by molar-refractivity contribution is 9.10. The molecule has 0 aliphatic carbocycles. The average molecular weight is 263 g/mol. The fourth-order valence-electron chi connectivity index (χ4n) is 1.35. The van der Waals surface area contributed by atoms with E-state index in [1.54, 1.807) is 12.4 Å². The van der Waals surface area contributed by atoms with Crippen molar-refractivity contribution in [1.82, 2.24) is 4.98 Å². The molecule has 0 amide bonds. The predicted octanol–water partition coefficient (Wildman–Crippen LogP) is 3.90. The minimum atomic E-state index is 0.964. The normalized spacial score (nSPS) is 10.0. The number of aromatic nitrogens is 1. The van der Waals surface area contributed by atoms with E-state index in [0.29, 0.717) is 0 Å². The molecule has 0 atom stereocenters. The van der Waals surface area contributed by atoms with Gasteiger partial charge in [-0.15, -0.1) is 0 Å². The van der Waals surface area contributed by atoms with Gasteiger partial charge in [0.1, 0.15) is 0 Å². The van der Waals surface area contributed by atoms with Gasteiger partial charge in [-0.1, -0.05) is 12.1 Å². The van der Waals surface area contributed by atoms with Crippen LogP contribution in [0, 0.1) is 6.92 Å². The molecule has 0 saturated carbocycles. The highest BCUT2D eigenvalue weighted by Gasteiger charge is 1.98. The van der Waals surface area contributed by atoms with Crippen LogP contribution in [0.2, 0.25) is 0 Å². The zero-order valence-corrected chi connectivity index (χ0v) is 9.95. The van der Waals surface area contributed by atoms with E-state index in [1.807, 2.05) is 18.2 Å². The second kappa shape index (κ2) is 4.45. The molecule has 0 bridgehead atoms. The summed E-state index contributed by atoms with van der Waals surface area (Å²) in [6.45, 7) is 2.08. The Labute approximate surface area is 97.5 Å². The summed E-state index contributed by atoms with van der Waals surface area (Å²) in [6, 6.07) is 10.2. The Morgan fingerprint density at radius 2 is 2.13 bits per heavy atom. The third-order valence-electron chi connectivity index (χ3n) is 2.07.